The molecule has 0 amide bonds. The van der Waals surface area contributed by atoms with E-state index in [0.717, 1.165) is 19.8 Å². The van der Waals surface area contributed by atoms with Gasteiger partial charge in [0.05, 0.1) is 12.6 Å². The van der Waals surface area contributed by atoms with Gasteiger partial charge in [-0.15, -0.1) is 10.2 Å². The Bertz CT molecular complexity index is 850. The average molecular weight is 334 g/mol. The first kappa shape index (κ1) is 13.8. The summed E-state index contributed by atoms with van der Waals surface area (Å²) in [5, 5.41) is 11.0. The second-order valence-corrected chi connectivity index (χ2v) is 7.21. The molecule has 0 aliphatic heterocycles. The van der Waals surface area contributed by atoms with Crippen LogP contribution in [-0.4, -0.2) is 27.3 Å². The van der Waals surface area contributed by atoms with Crippen LogP contribution in [0, 0.1) is 5.82 Å². The Morgan fingerprint density at radius 3 is 2.91 bits per heavy atom. The van der Waals surface area contributed by atoms with Crippen LogP contribution in [0.15, 0.2) is 27.8 Å². The highest BCUT2D eigenvalue weighted by molar-refractivity contribution is 8.01. The summed E-state index contributed by atoms with van der Waals surface area (Å²) in [6.45, 7) is 0. The van der Waals surface area contributed by atoms with Gasteiger partial charge in [-0.05, 0) is 30.7 Å². The fraction of sp³-hybridized carbons (Fsp3) is 0.286. The Balaban J connectivity index is 1.73. The van der Waals surface area contributed by atoms with Crippen molar-refractivity contribution in [3.63, 3.8) is 0 Å². The van der Waals surface area contributed by atoms with Crippen LogP contribution in [0.5, 0.6) is 5.75 Å². The molecule has 112 valence electrons. The summed E-state index contributed by atoms with van der Waals surface area (Å²) < 4.78 is 19.6. The minimum absolute atomic E-state index is 0.181. The molecule has 0 saturated heterocycles. The molecule has 0 radical (unpaired) electrons. The highest BCUT2D eigenvalue weighted by Crippen LogP contribution is 2.43. The molecule has 2 aromatic heterocycles. The molecule has 22 heavy (non-hydrogen) atoms. The quantitative estimate of drug-likeness (QED) is 0.679. The third kappa shape index (κ3) is 2.52. The lowest BCUT2D eigenvalue weighted by molar-refractivity contribution is 0.387. The van der Waals surface area contributed by atoms with E-state index in [1.54, 1.807) is 17.4 Å². The molecule has 0 spiro atoms. The molecule has 1 aliphatic rings. The maximum Gasteiger partial charge on any atom is 0.180 e. The summed E-state index contributed by atoms with van der Waals surface area (Å²) in [7, 11) is 1.44. The number of hydrogen-bond acceptors (Lipinski definition) is 7. The summed E-state index contributed by atoms with van der Waals surface area (Å²) >= 11 is 3.02. The number of hydrogen-bond donors (Lipinski definition) is 0. The Kier molecular flexibility index (Phi) is 3.42. The van der Waals surface area contributed by atoms with Crippen LogP contribution >= 0.6 is 23.1 Å². The Morgan fingerprint density at radius 2 is 2.14 bits per heavy atom. The minimum Gasteiger partial charge on any atom is -0.494 e. The molecule has 0 N–H and O–H groups in total. The van der Waals surface area contributed by atoms with Crippen LogP contribution in [0.1, 0.15) is 23.8 Å². The van der Waals surface area contributed by atoms with E-state index in [4.69, 9.17) is 4.74 Å². The second-order valence-electron chi connectivity index (χ2n) is 4.97. The summed E-state index contributed by atoms with van der Waals surface area (Å²) in [6.07, 6.45) is 3.83. The SMILES string of the molecule is COc1cc2c(Sc3nnc(C4CC4)s3)ncnc2cc1F. The molecule has 2 heterocycles. The van der Waals surface area contributed by atoms with Gasteiger partial charge in [0.1, 0.15) is 16.4 Å². The first-order valence-corrected chi connectivity index (χ1v) is 8.37. The smallest absolute Gasteiger partial charge is 0.180 e. The van der Waals surface area contributed by atoms with Crippen molar-refractivity contribution in [2.75, 3.05) is 7.11 Å². The van der Waals surface area contributed by atoms with Gasteiger partial charge in [0.25, 0.3) is 0 Å². The van der Waals surface area contributed by atoms with E-state index >= 15 is 0 Å². The molecular formula is C14H11FN4OS2. The standard InChI is InChI=1S/C14H11FN4OS2/c1-20-11-4-8-10(5-9(11)15)16-6-17-13(8)22-14-19-18-12(21-14)7-2-3-7/h4-7H,2-3H2,1H3. The van der Waals surface area contributed by atoms with Crippen LogP contribution in [0.2, 0.25) is 0 Å². The van der Waals surface area contributed by atoms with E-state index < -0.39 is 5.82 Å². The zero-order valence-corrected chi connectivity index (χ0v) is 13.2. The van der Waals surface area contributed by atoms with Crippen LogP contribution in [0.25, 0.3) is 10.9 Å². The molecule has 1 fully saturated rings. The number of halogens is 1. The fourth-order valence-electron chi connectivity index (χ4n) is 2.11. The Labute approximate surface area is 134 Å². The van der Waals surface area contributed by atoms with Crippen molar-refractivity contribution in [1.82, 2.24) is 20.2 Å². The number of aromatic nitrogens is 4. The first-order chi connectivity index (χ1) is 10.7. The van der Waals surface area contributed by atoms with Gasteiger partial charge in [-0.1, -0.05) is 11.3 Å². The number of methoxy groups -OCH3 is 1. The summed E-state index contributed by atoms with van der Waals surface area (Å²) in [6, 6.07) is 2.98. The zero-order valence-electron chi connectivity index (χ0n) is 11.6. The Morgan fingerprint density at radius 1 is 1.27 bits per heavy atom. The molecule has 8 heteroatoms. The van der Waals surface area contributed by atoms with E-state index in [9.17, 15) is 4.39 Å². The molecule has 0 unspecified atom stereocenters. The van der Waals surface area contributed by atoms with Crippen molar-refractivity contribution in [1.29, 1.82) is 0 Å². The van der Waals surface area contributed by atoms with E-state index in [1.807, 2.05) is 0 Å². The molecule has 1 aromatic carbocycles. The van der Waals surface area contributed by atoms with Gasteiger partial charge >= 0.3 is 0 Å². The Hall–Kier alpha value is -1.80. The highest BCUT2D eigenvalue weighted by atomic mass is 32.2. The molecule has 1 saturated carbocycles. The van der Waals surface area contributed by atoms with Crippen molar-refractivity contribution in [2.24, 2.45) is 0 Å². The molecule has 3 aromatic rings. The molecule has 1 aliphatic carbocycles. The second kappa shape index (κ2) is 5.44. The first-order valence-electron chi connectivity index (χ1n) is 6.74. The van der Waals surface area contributed by atoms with Crippen LogP contribution in [-0.2, 0) is 0 Å². The third-order valence-electron chi connectivity index (χ3n) is 3.41. The van der Waals surface area contributed by atoms with Crippen molar-refractivity contribution in [3.05, 3.63) is 29.3 Å². The molecule has 4 rings (SSSR count). The molecule has 0 bridgehead atoms. The molecule has 0 atom stereocenters. The molecule has 5 nitrogen and oxygen atoms in total. The van der Waals surface area contributed by atoms with Crippen LogP contribution in [0.3, 0.4) is 0 Å². The third-order valence-corrected chi connectivity index (χ3v) is 5.56. The predicted octanol–water partition coefficient (Wildman–Crippen LogP) is 3.66. The summed E-state index contributed by atoms with van der Waals surface area (Å²) in [4.78, 5) is 8.40. The van der Waals surface area contributed by atoms with E-state index in [-0.39, 0.29) is 5.75 Å². The van der Waals surface area contributed by atoms with Gasteiger partial charge in [0.2, 0.25) is 0 Å². The molecular weight excluding hydrogens is 323 g/mol. The number of rotatable bonds is 4. The maximum atomic E-state index is 13.8. The van der Waals surface area contributed by atoms with Gasteiger partial charge in [-0.3, -0.25) is 0 Å². The lowest BCUT2D eigenvalue weighted by Gasteiger charge is -2.06. The average Bonchev–Trinajstić information content (AvgIpc) is 3.27. The number of ether oxygens (including phenoxy) is 1. The van der Waals surface area contributed by atoms with Crippen LogP contribution in [0.4, 0.5) is 4.39 Å². The fourth-order valence-corrected chi connectivity index (χ4v) is 4.14. The zero-order chi connectivity index (χ0) is 15.1. The monoisotopic (exact) mass is 334 g/mol. The topological polar surface area (TPSA) is 60.8 Å². The maximum absolute atomic E-state index is 13.8. The van der Waals surface area contributed by atoms with E-state index in [1.165, 1.54) is 44.1 Å². The number of benzene rings is 1. The lowest BCUT2D eigenvalue weighted by atomic mass is 10.2. The largest absolute Gasteiger partial charge is 0.494 e. The summed E-state index contributed by atoms with van der Waals surface area (Å²) in [5.41, 5.74) is 0.544. The lowest BCUT2D eigenvalue weighted by Crippen LogP contribution is -1.92. The summed E-state index contributed by atoms with van der Waals surface area (Å²) in [5.74, 6) is 0.333. The highest BCUT2D eigenvalue weighted by Gasteiger charge is 2.27. The number of nitrogens with zero attached hydrogens (tertiary/aromatic N) is 4. The van der Waals surface area contributed by atoms with E-state index in [2.05, 4.69) is 20.2 Å². The van der Waals surface area contributed by atoms with Crippen molar-refractivity contribution in [3.8, 4) is 5.75 Å². The van der Waals surface area contributed by atoms with Gasteiger partial charge < -0.3 is 4.74 Å². The van der Waals surface area contributed by atoms with Gasteiger partial charge in [-0.25, -0.2) is 14.4 Å². The van der Waals surface area contributed by atoms with Gasteiger partial charge in [-0.2, -0.15) is 0 Å². The van der Waals surface area contributed by atoms with Crippen molar-refractivity contribution in [2.45, 2.75) is 28.1 Å². The minimum atomic E-state index is -0.434. The predicted molar refractivity (Wildman–Crippen MR) is 82.1 cm³/mol. The van der Waals surface area contributed by atoms with Crippen molar-refractivity contribution >= 4 is 34.0 Å². The van der Waals surface area contributed by atoms with Gasteiger partial charge in [0, 0.05) is 17.4 Å². The van der Waals surface area contributed by atoms with Crippen molar-refractivity contribution < 1.29 is 9.13 Å². The normalized spacial score (nSPS) is 14.5. The van der Waals surface area contributed by atoms with Gasteiger partial charge in [0.15, 0.2) is 15.9 Å². The number of fused-ring (bicyclic) bond motifs is 1. The van der Waals surface area contributed by atoms with E-state index in [0.29, 0.717) is 11.4 Å². The van der Waals surface area contributed by atoms with Crippen LogP contribution < -0.4 is 4.74 Å².